The summed E-state index contributed by atoms with van der Waals surface area (Å²) in [6.45, 7) is 5.36. The van der Waals surface area contributed by atoms with Crippen LogP contribution in [-0.4, -0.2) is 53.3 Å². The molecule has 2 amide bonds. The van der Waals surface area contributed by atoms with Gasteiger partial charge in [-0.15, -0.1) is 0 Å². The summed E-state index contributed by atoms with van der Waals surface area (Å²) in [5.74, 6) is 2.75. The Morgan fingerprint density at radius 3 is 1.32 bits per heavy atom. The van der Waals surface area contributed by atoms with Crippen LogP contribution in [0.3, 0.4) is 0 Å². The van der Waals surface area contributed by atoms with Crippen LogP contribution in [-0.2, 0) is 35.3 Å². The Morgan fingerprint density at radius 2 is 1.00 bits per heavy atom. The van der Waals surface area contributed by atoms with Crippen molar-refractivity contribution in [3.05, 3.63) is 46.5 Å². The van der Waals surface area contributed by atoms with Gasteiger partial charge in [0.05, 0.1) is 41.3 Å². The lowest BCUT2D eigenvalue weighted by Gasteiger charge is -2.16. The number of hydrogen-bond acceptors (Lipinski definition) is 6. The first kappa shape index (κ1) is 30.8. The van der Waals surface area contributed by atoms with Gasteiger partial charge in [-0.1, -0.05) is 38.8 Å². The smallest absolute Gasteiger partial charge is 0.224 e. The average Bonchev–Trinajstić information content (AvgIpc) is 2.93. The van der Waals surface area contributed by atoms with E-state index in [0.717, 1.165) is 60.8 Å². The molecule has 2 aromatic rings. The Morgan fingerprint density at radius 1 is 0.605 bits per heavy atom. The predicted octanol–water partition coefficient (Wildman–Crippen LogP) is 4.42. The average molecular weight is 529 g/mol. The summed E-state index contributed by atoms with van der Waals surface area (Å²) < 4.78 is 21.7. The molecule has 210 valence electrons. The van der Waals surface area contributed by atoms with E-state index in [9.17, 15) is 9.59 Å². The minimum atomic E-state index is 0.000735. The van der Waals surface area contributed by atoms with Crippen molar-refractivity contribution >= 4 is 11.8 Å². The van der Waals surface area contributed by atoms with Crippen molar-refractivity contribution in [3.8, 4) is 23.0 Å². The number of ether oxygens (including phenoxy) is 4. The molecule has 0 unspecified atom stereocenters. The van der Waals surface area contributed by atoms with Crippen molar-refractivity contribution < 1.29 is 28.5 Å². The van der Waals surface area contributed by atoms with Gasteiger partial charge in [0.25, 0.3) is 0 Å². The molecule has 0 heterocycles. The van der Waals surface area contributed by atoms with Crippen molar-refractivity contribution in [2.24, 2.45) is 0 Å². The van der Waals surface area contributed by atoms with E-state index in [1.807, 2.05) is 38.1 Å². The summed E-state index contributed by atoms with van der Waals surface area (Å²) in [6.07, 6.45) is 5.92. The van der Waals surface area contributed by atoms with Gasteiger partial charge in [-0.2, -0.15) is 0 Å². The molecule has 0 atom stereocenters. The Hall–Kier alpha value is -3.42. The maximum absolute atomic E-state index is 12.5. The standard InChI is InChI=1S/C30H44N2O6/c1-7-23-21(13-15-25(35-3)29(23)37-5)19-27(33)31-17-11-9-10-12-18-32-28(34)20-22-14-16-26(36-4)30(38-6)24(22)8-2/h13-16H,7-12,17-20H2,1-6H3,(H,31,33)(H,32,34). The van der Waals surface area contributed by atoms with E-state index >= 15 is 0 Å². The highest BCUT2D eigenvalue weighted by Gasteiger charge is 2.17. The highest BCUT2D eigenvalue weighted by molar-refractivity contribution is 5.80. The van der Waals surface area contributed by atoms with Gasteiger partial charge in [-0.3, -0.25) is 9.59 Å². The van der Waals surface area contributed by atoms with E-state index in [0.29, 0.717) is 48.9 Å². The quantitative estimate of drug-likeness (QED) is 0.295. The third kappa shape index (κ3) is 8.57. The number of carbonyl (C=O) groups is 2. The summed E-state index contributed by atoms with van der Waals surface area (Å²) in [5, 5.41) is 6.03. The van der Waals surface area contributed by atoms with Gasteiger partial charge < -0.3 is 29.6 Å². The lowest BCUT2D eigenvalue weighted by atomic mass is 10.00. The van der Waals surface area contributed by atoms with E-state index in [4.69, 9.17) is 18.9 Å². The molecule has 0 spiro atoms. The van der Waals surface area contributed by atoms with Crippen LogP contribution in [0, 0.1) is 0 Å². The third-order valence-corrected chi connectivity index (χ3v) is 6.65. The predicted molar refractivity (Wildman–Crippen MR) is 150 cm³/mol. The van der Waals surface area contributed by atoms with Crippen LogP contribution in [0.4, 0.5) is 0 Å². The van der Waals surface area contributed by atoms with Crippen molar-refractivity contribution in [1.29, 1.82) is 0 Å². The van der Waals surface area contributed by atoms with Crippen LogP contribution < -0.4 is 29.6 Å². The fraction of sp³-hybridized carbons (Fsp3) is 0.533. The number of hydrogen-bond donors (Lipinski definition) is 2. The summed E-state index contributed by atoms with van der Waals surface area (Å²) in [7, 11) is 6.46. The Labute approximate surface area is 227 Å². The van der Waals surface area contributed by atoms with Gasteiger partial charge in [0, 0.05) is 24.2 Å². The van der Waals surface area contributed by atoms with Crippen LogP contribution in [0.25, 0.3) is 0 Å². The molecule has 8 heteroatoms. The van der Waals surface area contributed by atoms with Crippen LogP contribution in [0.1, 0.15) is 61.8 Å². The third-order valence-electron chi connectivity index (χ3n) is 6.65. The molecular formula is C30H44N2O6. The summed E-state index contributed by atoms with van der Waals surface area (Å²) in [4.78, 5) is 24.9. The van der Waals surface area contributed by atoms with Gasteiger partial charge in [0.1, 0.15) is 0 Å². The van der Waals surface area contributed by atoms with Crippen LogP contribution in [0.15, 0.2) is 24.3 Å². The van der Waals surface area contributed by atoms with E-state index in [1.165, 1.54) is 0 Å². The molecule has 2 N–H and O–H groups in total. The second-order valence-electron chi connectivity index (χ2n) is 9.05. The molecule has 8 nitrogen and oxygen atoms in total. The lowest BCUT2D eigenvalue weighted by Crippen LogP contribution is -2.27. The maximum atomic E-state index is 12.5. The lowest BCUT2D eigenvalue weighted by molar-refractivity contribution is -0.121. The van der Waals surface area contributed by atoms with E-state index in [-0.39, 0.29) is 11.8 Å². The van der Waals surface area contributed by atoms with Crippen LogP contribution in [0.5, 0.6) is 23.0 Å². The largest absolute Gasteiger partial charge is 0.493 e. The summed E-state index contributed by atoms with van der Waals surface area (Å²) in [6, 6.07) is 7.55. The first-order chi connectivity index (χ1) is 18.4. The number of amides is 2. The summed E-state index contributed by atoms with van der Waals surface area (Å²) >= 11 is 0. The van der Waals surface area contributed by atoms with Crippen molar-refractivity contribution in [3.63, 3.8) is 0 Å². The molecule has 2 rings (SSSR count). The number of benzene rings is 2. The second kappa shape index (κ2) is 16.4. The number of carbonyl (C=O) groups excluding carboxylic acids is 2. The minimum Gasteiger partial charge on any atom is -0.493 e. The van der Waals surface area contributed by atoms with Gasteiger partial charge in [0.15, 0.2) is 23.0 Å². The van der Waals surface area contributed by atoms with E-state index in [2.05, 4.69) is 10.6 Å². The first-order valence-electron chi connectivity index (χ1n) is 13.4. The Balaban J connectivity index is 1.67. The van der Waals surface area contributed by atoms with Gasteiger partial charge in [-0.25, -0.2) is 0 Å². The second-order valence-corrected chi connectivity index (χ2v) is 9.05. The molecule has 0 aliphatic heterocycles. The molecule has 0 radical (unpaired) electrons. The van der Waals surface area contributed by atoms with E-state index in [1.54, 1.807) is 28.4 Å². The maximum Gasteiger partial charge on any atom is 0.224 e. The number of unbranched alkanes of at least 4 members (excludes halogenated alkanes) is 3. The molecule has 0 bridgehead atoms. The fourth-order valence-corrected chi connectivity index (χ4v) is 4.70. The van der Waals surface area contributed by atoms with E-state index < -0.39 is 0 Å². The first-order valence-corrected chi connectivity index (χ1v) is 13.4. The van der Waals surface area contributed by atoms with Crippen molar-refractivity contribution in [2.45, 2.75) is 65.2 Å². The molecule has 38 heavy (non-hydrogen) atoms. The molecule has 0 aromatic heterocycles. The topological polar surface area (TPSA) is 95.1 Å². The Kier molecular flexibility index (Phi) is 13.3. The van der Waals surface area contributed by atoms with Gasteiger partial charge in [-0.05, 0) is 48.9 Å². The zero-order valence-electron chi connectivity index (χ0n) is 23.8. The normalized spacial score (nSPS) is 10.6. The number of nitrogens with one attached hydrogen (secondary N) is 2. The zero-order chi connectivity index (χ0) is 27.9. The van der Waals surface area contributed by atoms with Crippen LogP contribution in [0.2, 0.25) is 0 Å². The molecule has 2 aromatic carbocycles. The SMILES string of the molecule is CCc1c(CC(=O)NCCCCCCNC(=O)Cc2ccc(OC)c(OC)c2CC)ccc(OC)c1OC. The molecule has 0 saturated heterocycles. The fourth-order valence-electron chi connectivity index (χ4n) is 4.70. The number of rotatable bonds is 17. The molecular weight excluding hydrogens is 484 g/mol. The van der Waals surface area contributed by atoms with Gasteiger partial charge >= 0.3 is 0 Å². The molecule has 0 aliphatic rings. The van der Waals surface area contributed by atoms with Gasteiger partial charge in [0.2, 0.25) is 11.8 Å². The minimum absolute atomic E-state index is 0.000735. The summed E-state index contributed by atoms with van der Waals surface area (Å²) in [5.41, 5.74) is 3.91. The molecule has 0 saturated carbocycles. The number of methoxy groups -OCH3 is 4. The Bertz CT molecular complexity index is 970. The van der Waals surface area contributed by atoms with Crippen LogP contribution >= 0.6 is 0 Å². The highest BCUT2D eigenvalue weighted by atomic mass is 16.5. The molecule has 0 fully saturated rings. The highest BCUT2D eigenvalue weighted by Crippen LogP contribution is 2.35. The van der Waals surface area contributed by atoms with Crippen molar-refractivity contribution in [2.75, 3.05) is 41.5 Å². The monoisotopic (exact) mass is 528 g/mol. The zero-order valence-corrected chi connectivity index (χ0v) is 23.8. The van der Waals surface area contributed by atoms with Crippen molar-refractivity contribution in [1.82, 2.24) is 10.6 Å². The molecule has 0 aliphatic carbocycles.